The minimum atomic E-state index is 0.155. The van der Waals surface area contributed by atoms with Crippen molar-refractivity contribution < 1.29 is 0 Å². The summed E-state index contributed by atoms with van der Waals surface area (Å²) in [5, 5.41) is 13.5. The molecule has 0 unspecified atom stereocenters. The molecule has 0 aromatic heterocycles. The number of rotatable bonds is 0. The molecule has 0 aliphatic carbocycles. The van der Waals surface area contributed by atoms with Gasteiger partial charge < -0.3 is 0 Å². The third kappa shape index (κ3) is 2.29. The molecule has 0 atom stereocenters. The molecular formula is C32H22. The quantitative estimate of drug-likeness (QED) is 0.175. The van der Waals surface area contributed by atoms with Crippen molar-refractivity contribution in [1.29, 1.82) is 0 Å². The van der Waals surface area contributed by atoms with E-state index in [1.807, 2.05) is 0 Å². The van der Waals surface area contributed by atoms with Gasteiger partial charge >= 0.3 is 0 Å². The Hall–Kier alpha value is -3.82. The van der Waals surface area contributed by atoms with E-state index in [0.29, 0.717) is 0 Å². The Morgan fingerprint density at radius 2 is 1.00 bits per heavy atom. The summed E-state index contributed by atoms with van der Waals surface area (Å²) in [5.41, 5.74) is 3.66. The molecule has 32 heavy (non-hydrogen) atoms. The predicted molar refractivity (Wildman–Crippen MR) is 139 cm³/mol. The maximum atomic E-state index is 3.52. The van der Waals surface area contributed by atoms with Crippen LogP contribution in [0.4, 0.5) is 0 Å². The normalized spacial score (nSPS) is 12.6. The zero-order chi connectivity index (χ0) is 21.6. The van der Waals surface area contributed by atoms with Crippen molar-refractivity contribution in [3.8, 4) is 11.8 Å². The summed E-state index contributed by atoms with van der Waals surface area (Å²) < 4.78 is 0. The van der Waals surface area contributed by atoms with Crippen molar-refractivity contribution in [2.75, 3.05) is 0 Å². The molecule has 0 amide bonds. The van der Waals surface area contributed by atoms with Gasteiger partial charge in [-0.25, -0.2) is 0 Å². The molecule has 7 rings (SSSR count). The number of hydrogen-bond acceptors (Lipinski definition) is 0. The summed E-state index contributed by atoms with van der Waals surface area (Å²) in [6.07, 6.45) is 0. The van der Waals surface area contributed by atoms with Crippen LogP contribution < -0.4 is 0 Å². The molecular weight excluding hydrogens is 384 g/mol. The first-order chi connectivity index (χ1) is 15.5. The molecule has 0 saturated heterocycles. The maximum absolute atomic E-state index is 3.52. The van der Waals surface area contributed by atoms with Gasteiger partial charge in [0, 0.05) is 11.1 Å². The maximum Gasteiger partial charge on any atom is 0.0334 e. The van der Waals surface area contributed by atoms with Gasteiger partial charge in [-0.2, -0.15) is 0 Å². The lowest BCUT2D eigenvalue weighted by molar-refractivity contribution is 0.590. The highest BCUT2D eigenvalue weighted by molar-refractivity contribution is 6.44. The van der Waals surface area contributed by atoms with Gasteiger partial charge in [-0.3, -0.25) is 0 Å². The summed E-state index contributed by atoms with van der Waals surface area (Å²) in [6.45, 7) is 6.73. The summed E-state index contributed by atoms with van der Waals surface area (Å²) in [7, 11) is 0. The predicted octanol–water partition coefficient (Wildman–Crippen LogP) is 8.46. The molecule has 0 N–H and O–H groups in total. The van der Waals surface area contributed by atoms with E-state index in [4.69, 9.17) is 0 Å². The van der Waals surface area contributed by atoms with Gasteiger partial charge in [-0.05, 0) is 83.0 Å². The minimum absolute atomic E-state index is 0.155. The fourth-order valence-corrected chi connectivity index (χ4v) is 5.47. The zero-order valence-electron chi connectivity index (χ0n) is 18.5. The van der Waals surface area contributed by atoms with Gasteiger partial charge in [-0.15, -0.1) is 0 Å². The molecule has 0 bridgehead atoms. The summed E-state index contributed by atoms with van der Waals surface area (Å²) in [6, 6.07) is 29.1. The van der Waals surface area contributed by atoms with Crippen molar-refractivity contribution in [2.24, 2.45) is 0 Å². The minimum Gasteiger partial charge on any atom is -0.0616 e. The van der Waals surface area contributed by atoms with E-state index in [9.17, 15) is 0 Å². The first-order valence-corrected chi connectivity index (χ1v) is 11.3. The van der Waals surface area contributed by atoms with Crippen LogP contribution in [-0.2, 0) is 5.41 Å². The van der Waals surface area contributed by atoms with Crippen LogP contribution in [0.3, 0.4) is 0 Å². The van der Waals surface area contributed by atoms with Crippen molar-refractivity contribution in [2.45, 2.75) is 26.2 Å². The van der Waals surface area contributed by atoms with E-state index in [1.165, 1.54) is 59.4 Å². The van der Waals surface area contributed by atoms with Crippen LogP contribution in [0.2, 0.25) is 0 Å². The fourth-order valence-electron chi connectivity index (χ4n) is 5.47. The average Bonchev–Trinajstić information content (AvgIpc) is 3.17. The van der Waals surface area contributed by atoms with E-state index in [-0.39, 0.29) is 5.41 Å². The lowest BCUT2D eigenvalue weighted by atomic mass is 9.87. The van der Waals surface area contributed by atoms with Gasteiger partial charge in [0.1, 0.15) is 0 Å². The van der Waals surface area contributed by atoms with Gasteiger partial charge in [0.25, 0.3) is 0 Å². The first-order valence-electron chi connectivity index (χ1n) is 11.3. The zero-order valence-corrected chi connectivity index (χ0v) is 18.5. The molecule has 0 saturated carbocycles. The topological polar surface area (TPSA) is 0 Å². The van der Waals surface area contributed by atoms with E-state index < -0.39 is 0 Å². The third-order valence-corrected chi connectivity index (χ3v) is 7.11. The van der Waals surface area contributed by atoms with Crippen LogP contribution in [0.25, 0.3) is 53.9 Å². The second kappa shape index (κ2) is 5.90. The Kier molecular flexibility index (Phi) is 3.29. The van der Waals surface area contributed by atoms with Gasteiger partial charge in [0.15, 0.2) is 0 Å². The number of hydrogen-bond donors (Lipinski definition) is 0. The first kappa shape index (κ1) is 17.8. The van der Waals surface area contributed by atoms with Crippen LogP contribution in [0.1, 0.15) is 37.5 Å². The Balaban J connectivity index is 1.51. The van der Waals surface area contributed by atoms with Crippen LogP contribution in [-0.4, -0.2) is 0 Å². The molecule has 0 heteroatoms. The van der Waals surface area contributed by atoms with Crippen molar-refractivity contribution >= 4 is 53.9 Å². The molecule has 0 radical (unpaired) electrons. The van der Waals surface area contributed by atoms with Crippen LogP contribution in [0, 0.1) is 11.8 Å². The van der Waals surface area contributed by atoms with Gasteiger partial charge in [0.05, 0.1) is 0 Å². The van der Waals surface area contributed by atoms with Crippen LogP contribution in [0.15, 0.2) is 78.9 Å². The lowest BCUT2D eigenvalue weighted by Crippen LogP contribution is -2.10. The molecule has 7 aromatic rings. The Morgan fingerprint density at radius 3 is 1.59 bits per heavy atom. The number of benzene rings is 6. The average molecular weight is 407 g/mol. The van der Waals surface area contributed by atoms with Crippen LogP contribution in [0.5, 0.6) is 0 Å². The summed E-state index contributed by atoms with van der Waals surface area (Å²) >= 11 is 0. The Morgan fingerprint density at radius 1 is 0.500 bits per heavy atom. The van der Waals surface area contributed by atoms with E-state index in [1.54, 1.807) is 0 Å². The fraction of sp³-hybridized carbons (Fsp3) is 0.125. The summed E-state index contributed by atoms with van der Waals surface area (Å²) in [5.74, 6) is 6.95. The Labute approximate surface area is 187 Å². The second-order valence-corrected chi connectivity index (χ2v) is 10.1. The third-order valence-electron chi connectivity index (χ3n) is 7.11. The molecule has 0 aliphatic rings. The SMILES string of the molecule is CC(C)(C)c1ccc(C#Cc2cc3ccc4ccc5ccc6ccc2c2c6c5c4c32)cc1. The second-order valence-electron chi connectivity index (χ2n) is 10.1. The lowest BCUT2D eigenvalue weighted by Gasteiger charge is -2.18. The standard InChI is InChI=1S/C32H22/c1-32(2,3)25-15-5-19(6-16-25)4-7-23-18-24-13-12-21-9-8-20-10-11-22-14-17-26(23)31-29(22)27(20)28(21)30(24)31/h5-6,8-18H,1-3H3. The largest absolute Gasteiger partial charge is 0.0616 e. The smallest absolute Gasteiger partial charge is 0.0334 e. The molecule has 0 spiro atoms. The van der Waals surface area contributed by atoms with Crippen molar-refractivity contribution in [1.82, 2.24) is 0 Å². The highest BCUT2D eigenvalue weighted by Gasteiger charge is 2.20. The van der Waals surface area contributed by atoms with Gasteiger partial charge in [0.2, 0.25) is 0 Å². The molecule has 0 nitrogen and oxygen atoms in total. The van der Waals surface area contributed by atoms with Crippen molar-refractivity contribution in [3.05, 3.63) is 95.6 Å². The highest BCUT2D eigenvalue weighted by atomic mass is 14.2. The molecule has 0 aliphatic heterocycles. The monoisotopic (exact) mass is 406 g/mol. The van der Waals surface area contributed by atoms with E-state index in [2.05, 4.69) is 111 Å². The molecule has 0 fully saturated rings. The highest BCUT2D eigenvalue weighted by Crippen LogP contribution is 2.48. The van der Waals surface area contributed by atoms with Crippen molar-refractivity contribution in [3.63, 3.8) is 0 Å². The van der Waals surface area contributed by atoms with E-state index >= 15 is 0 Å². The molecule has 7 aromatic carbocycles. The van der Waals surface area contributed by atoms with E-state index in [0.717, 1.165) is 11.1 Å². The van der Waals surface area contributed by atoms with Gasteiger partial charge in [-0.1, -0.05) is 93.3 Å². The van der Waals surface area contributed by atoms with Crippen LogP contribution >= 0.6 is 0 Å². The Bertz CT molecular complexity index is 1790. The molecule has 0 heterocycles. The molecule has 150 valence electrons. The summed E-state index contributed by atoms with van der Waals surface area (Å²) in [4.78, 5) is 0.